The number of Topliss-reactive ketones (excluding diaryl/α,β-unsaturated/α-hetero) is 1. The Bertz CT molecular complexity index is 975. The van der Waals surface area contributed by atoms with Gasteiger partial charge in [-0.2, -0.15) is 5.10 Å². The number of ketones is 1. The fourth-order valence-electron chi connectivity index (χ4n) is 2.57. The normalized spacial score (nSPS) is 12.1. The first-order valence-corrected chi connectivity index (χ1v) is 10.6. The molecule has 1 aromatic carbocycles. The molecule has 0 spiro atoms. The summed E-state index contributed by atoms with van der Waals surface area (Å²) < 4.78 is 35.0. The van der Waals surface area contributed by atoms with Crippen molar-refractivity contribution in [1.29, 1.82) is 0 Å². The first-order chi connectivity index (χ1) is 13.5. The van der Waals surface area contributed by atoms with Crippen LogP contribution >= 0.6 is 7.82 Å². The number of nitrogens with zero attached hydrogens (tertiary/aromatic N) is 2. The van der Waals surface area contributed by atoms with E-state index in [2.05, 4.69) is 5.10 Å². The van der Waals surface area contributed by atoms with Crippen LogP contribution < -0.4 is 4.74 Å². The van der Waals surface area contributed by atoms with E-state index in [-0.39, 0.29) is 18.1 Å². The molecule has 0 aliphatic carbocycles. The van der Waals surface area contributed by atoms with Gasteiger partial charge >= 0.3 is 7.82 Å². The van der Waals surface area contributed by atoms with E-state index in [0.29, 0.717) is 17.0 Å². The number of aromatic nitrogens is 2. The summed E-state index contributed by atoms with van der Waals surface area (Å²) in [4.78, 5) is 12.6. The molecule has 0 saturated heterocycles. The molecule has 160 valence electrons. The molecule has 0 aliphatic heterocycles. The Morgan fingerprint density at radius 1 is 1.14 bits per heavy atom. The van der Waals surface area contributed by atoms with Crippen LogP contribution in [0.2, 0.25) is 0 Å². The molecule has 1 heterocycles. The van der Waals surface area contributed by atoms with Crippen LogP contribution in [0.25, 0.3) is 16.7 Å². The van der Waals surface area contributed by atoms with Crippen LogP contribution in [0.3, 0.4) is 0 Å². The molecule has 1 aromatic heterocycles. The van der Waals surface area contributed by atoms with Gasteiger partial charge in [0.05, 0.1) is 12.6 Å². The molecule has 0 N–H and O–H groups in total. The van der Waals surface area contributed by atoms with Crippen molar-refractivity contribution in [2.45, 2.75) is 41.2 Å². The summed E-state index contributed by atoms with van der Waals surface area (Å²) in [5, 5.41) is 5.34. The van der Waals surface area contributed by atoms with E-state index in [1.165, 1.54) is 14.2 Å². The number of phosphoric ester groups is 1. The van der Waals surface area contributed by atoms with E-state index < -0.39 is 13.2 Å². The molecule has 29 heavy (non-hydrogen) atoms. The predicted molar refractivity (Wildman–Crippen MR) is 112 cm³/mol. The Labute approximate surface area is 171 Å². The number of methoxy groups -OCH3 is 1. The molecule has 0 amide bonds. The Morgan fingerprint density at radius 2 is 1.76 bits per heavy atom. The van der Waals surface area contributed by atoms with Gasteiger partial charge in [-0.25, -0.2) is 4.57 Å². The van der Waals surface area contributed by atoms with E-state index in [9.17, 15) is 9.36 Å². The molecular formula is C20H29N2O6P. The van der Waals surface area contributed by atoms with Gasteiger partial charge in [0.2, 0.25) is 0 Å². The second kappa shape index (κ2) is 8.69. The van der Waals surface area contributed by atoms with Gasteiger partial charge in [-0.15, -0.1) is 0 Å². The average Bonchev–Trinajstić information content (AvgIpc) is 3.02. The molecule has 2 aromatic rings. The molecule has 0 saturated carbocycles. The maximum Gasteiger partial charge on any atom is 0.529 e. The van der Waals surface area contributed by atoms with Gasteiger partial charge in [-0.1, -0.05) is 20.8 Å². The minimum absolute atomic E-state index is 0.0235. The Kier molecular flexibility index (Phi) is 6.93. The number of ether oxygens (including phenoxy) is 1. The highest BCUT2D eigenvalue weighted by Gasteiger charge is 2.30. The molecule has 0 atom stereocenters. The van der Waals surface area contributed by atoms with Crippen LogP contribution in [0, 0.1) is 5.41 Å². The largest absolute Gasteiger partial charge is 0.529 e. The zero-order valence-electron chi connectivity index (χ0n) is 18.2. The van der Waals surface area contributed by atoms with Gasteiger partial charge in [-0.05, 0) is 31.6 Å². The van der Waals surface area contributed by atoms with Crippen LogP contribution in [0.15, 0.2) is 23.8 Å². The van der Waals surface area contributed by atoms with Gasteiger partial charge in [0.1, 0.15) is 18.0 Å². The molecule has 2 rings (SSSR count). The van der Waals surface area contributed by atoms with E-state index >= 15 is 0 Å². The summed E-state index contributed by atoms with van der Waals surface area (Å²) in [5.41, 5.74) is 1.35. The smallest absolute Gasteiger partial charge is 0.497 e. The summed E-state index contributed by atoms with van der Waals surface area (Å²) in [6.07, 6.45) is 0. The second-order valence-corrected chi connectivity index (χ2v) is 9.60. The zero-order chi connectivity index (χ0) is 22.0. The minimum atomic E-state index is -3.79. The van der Waals surface area contributed by atoms with Crippen LogP contribution in [-0.2, 0) is 29.5 Å². The molecule has 0 bridgehead atoms. The maximum atomic E-state index is 12.6. The number of carbonyl (C=O) groups is 1. The monoisotopic (exact) mass is 424 g/mol. The molecule has 0 radical (unpaired) electrons. The Hall–Kier alpha value is -2.15. The van der Waals surface area contributed by atoms with Crippen LogP contribution in [0.4, 0.5) is 0 Å². The van der Waals surface area contributed by atoms with Crippen molar-refractivity contribution in [3.63, 3.8) is 0 Å². The second-order valence-electron chi connectivity index (χ2n) is 7.80. The predicted octanol–water partition coefficient (Wildman–Crippen LogP) is 4.83. The van der Waals surface area contributed by atoms with E-state index in [0.717, 1.165) is 11.0 Å². The lowest BCUT2D eigenvalue weighted by Gasteiger charge is -2.17. The molecule has 0 fully saturated rings. The van der Waals surface area contributed by atoms with Crippen LogP contribution in [-0.4, -0.2) is 36.9 Å². The van der Waals surface area contributed by atoms with Gasteiger partial charge in [0.25, 0.3) is 0 Å². The third-order valence-electron chi connectivity index (χ3n) is 4.41. The van der Waals surface area contributed by atoms with Gasteiger partial charge < -0.3 is 9.26 Å². The summed E-state index contributed by atoms with van der Waals surface area (Å²) in [7, 11) is 0.270. The minimum Gasteiger partial charge on any atom is -0.497 e. The zero-order valence-corrected chi connectivity index (χ0v) is 19.1. The van der Waals surface area contributed by atoms with Crippen molar-refractivity contribution in [2.24, 2.45) is 5.41 Å². The third-order valence-corrected chi connectivity index (χ3v) is 5.71. The first kappa shape index (κ1) is 23.1. The van der Waals surface area contributed by atoms with Crippen molar-refractivity contribution in [3.8, 4) is 5.75 Å². The van der Waals surface area contributed by atoms with Gasteiger partial charge in [0, 0.05) is 31.1 Å². The number of allylic oxidation sites excluding steroid dienone is 1. The van der Waals surface area contributed by atoms with E-state index in [1.807, 2.05) is 26.8 Å². The Balaban J connectivity index is 2.68. The highest BCUT2D eigenvalue weighted by molar-refractivity contribution is 7.48. The van der Waals surface area contributed by atoms with Crippen LogP contribution in [0.5, 0.6) is 5.75 Å². The van der Waals surface area contributed by atoms with E-state index in [4.69, 9.17) is 18.3 Å². The lowest BCUT2D eigenvalue weighted by molar-refractivity contribution is -0.127. The first-order valence-electron chi connectivity index (χ1n) is 9.12. The topological polar surface area (TPSA) is 88.9 Å². The quantitative estimate of drug-likeness (QED) is 0.443. The molecule has 0 aliphatic rings. The number of rotatable bonds is 8. The number of carbonyl (C=O) groups excluding carboxylic acids is 1. The number of phosphoric acid groups is 1. The molecule has 8 nitrogen and oxygen atoms in total. The third kappa shape index (κ3) is 5.07. The van der Waals surface area contributed by atoms with Crippen molar-refractivity contribution < 1.29 is 27.7 Å². The Morgan fingerprint density at radius 3 is 2.24 bits per heavy atom. The highest BCUT2D eigenvalue weighted by atomic mass is 31.2. The SMILES string of the molecule is COc1ccc2c(C(OP(=O)(OC)OC)=C(C)C)nn(CC(=O)C(C)(C)C)c2c1. The van der Waals surface area contributed by atoms with Crippen molar-refractivity contribution >= 4 is 30.3 Å². The maximum absolute atomic E-state index is 12.6. The van der Waals surface area contributed by atoms with Crippen molar-refractivity contribution in [2.75, 3.05) is 21.3 Å². The standard InChI is InChI=1S/C20H29N2O6P/c1-13(2)19(28-29(24,26-7)27-8)18-15-10-9-14(25-6)11-16(15)22(21-18)12-17(23)20(3,4)5/h9-11H,12H2,1-8H3. The number of hydrogen-bond acceptors (Lipinski definition) is 7. The summed E-state index contributed by atoms with van der Waals surface area (Å²) in [6, 6.07) is 5.42. The average molecular weight is 424 g/mol. The molecule has 0 unspecified atom stereocenters. The van der Waals surface area contributed by atoms with Crippen molar-refractivity contribution in [3.05, 3.63) is 29.5 Å². The molecule has 9 heteroatoms. The number of fused-ring (bicyclic) bond motifs is 1. The number of benzene rings is 1. The fraction of sp³-hybridized carbons (Fsp3) is 0.500. The van der Waals surface area contributed by atoms with Crippen LogP contribution in [0.1, 0.15) is 40.3 Å². The van der Waals surface area contributed by atoms with E-state index in [1.54, 1.807) is 37.8 Å². The summed E-state index contributed by atoms with van der Waals surface area (Å²) in [6.45, 7) is 9.27. The summed E-state index contributed by atoms with van der Waals surface area (Å²) in [5.74, 6) is 0.928. The fourth-order valence-corrected chi connectivity index (χ4v) is 3.37. The molecular weight excluding hydrogens is 395 g/mol. The lowest BCUT2D eigenvalue weighted by atomic mass is 9.91. The lowest BCUT2D eigenvalue weighted by Crippen LogP contribution is -2.25. The van der Waals surface area contributed by atoms with Gasteiger partial charge in [0.15, 0.2) is 11.5 Å². The van der Waals surface area contributed by atoms with Crippen molar-refractivity contribution in [1.82, 2.24) is 9.78 Å². The highest BCUT2D eigenvalue weighted by Crippen LogP contribution is 2.52. The van der Waals surface area contributed by atoms with Gasteiger partial charge in [-0.3, -0.25) is 18.5 Å². The summed E-state index contributed by atoms with van der Waals surface area (Å²) >= 11 is 0. The number of hydrogen-bond donors (Lipinski definition) is 0.